The summed E-state index contributed by atoms with van der Waals surface area (Å²) in [6, 6.07) is 13.7. The number of Topliss-reactive ketones (excluding diaryl/α,β-unsaturated/α-hetero) is 1. The van der Waals surface area contributed by atoms with E-state index in [2.05, 4.69) is 9.08 Å². The van der Waals surface area contributed by atoms with E-state index in [1.165, 1.54) is 0 Å². The Hall–Kier alpha value is -1.87. The van der Waals surface area contributed by atoms with Crippen molar-refractivity contribution >= 4 is 39.3 Å². The Bertz CT molecular complexity index is 943. The monoisotopic (exact) mass is 407 g/mol. The maximum Gasteiger partial charge on any atom is 0.397 e. The normalized spacial score (nSPS) is 13.2. The van der Waals surface area contributed by atoms with Crippen LogP contribution in [0.4, 0.5) is 11.4 Å². The minimum absolute atomic E-state index is 0.110. The summed E-state index contributed by atoms with van der Waals surface area (Å²) < 4.78 is 34.6. The first-order valence-corrected chi connectivity index (χ1v) is 10.9. The molecular formula is C19H21NO5S2. The lowest BCUT2D eigenvalue weighted by Gasteiger charge is -2.33. The van der Waals surface area contributed by atoms with Crippen molar-refractivity contribution in [1.29, 1.82) is 0 Å². The van der Waals surface area contributed by atoms with E-state index in [9.17, 15) is 13.2 Å². The third kappa shape index (κ3) is 4.90. The Labute approximate surface area is 163 Å². The van der Waals surface area contributed by atoms with Crippen molar-refractivity contribution in [2.45, 2.75) is 36.0 Å². The van der Waals surface area contributed by atoms with Gasteiger partial charge in [-0.1, -0.05) is 36.9 Å². The first kappa shape index (κ1) is 19.9. The molecule has 0 saturated heterocycles. The smallest absolute Gasteiger partial charge is 0.340 e. The highest BCUT2D eigenvalue weighted by Gasteiger charge is 2.24. The first-order chi connectivity index (χ1) is 12.9. The molecule has 0 unspecified atom stereocenters. The summed E-state index contributed by atoms with van der Waals surface area (Å²) in [6.07, 6.45) is 1.69. The summed E-state index contributed by atoms with van der Waals surface area (Å²) in [5, 5.41) is 0. The summed E-state index contributed by atoms with van der Waals surface area (Å²) in [6.45, 7) is 2.35. The second-order valence-electron chi connectivity index (χ2n) is 6.18. The highest BCUT2D eigenvalue weighted by atomic mass is 32.3. The fourth-order valence-corrected chi connectivity index (χ4v) is 4.41. The number of fused-ring (bicyclic) bond motifs is 2. The van der Waals surface area contributed by atoms with Crippen LogP contribution in [0.3, 0.4) is 0 Å². The Kier molecular flexibility index (Phi) is 6.21. The molecule has 1 heterocycles. The first-order valence-electron chi connectivity index (χ1n) is 8.72. The molecule has 1 N–H and O–H groups in total. The van der Waals surface area contributed by atoms with Crippen LogP contribution in [-0.2, 0) is 14.6 Å². The molecule has 1 aliphatic heterocycles. The number of rotatable bonds is 8. The Morgan fingerprint density at radius 3 is 2.63 bits per heavy atom. The highest BCUT2D eigenvalue weighted by Crippen LogP contribution is 2.48. The van der Waals surface area contributed by atoms with Crippen molar-refractivity contribution in [1.82, 2.24) is 0 Å². The van der Waals surface area contributed by atoms with E-state index in [0.717, 1.165) is 27.6 Å². The predicted molar refractivity (Wildman–Crippen MR) is 105 cm³/mol. The van der Waals surface area contributed by atoms with Gasteiger partial charge in [0, 0.05) is 28.3 Å². The Morgan fingerprint density at radius 2 is 1.89 bits per heavy atom. The molecule has 1 aliphatic rings. The molecule has 144 valence electrons. The van der Waals surface area contributed by atoms with Crippen molar-refractivity contribution in [3.05, 3.63) is 48.0 Å². The zero-order chi connectivity index (χ0) is 19.4. The van der Waals surface area contributed by atoms with E-state index in [4.69, 9.17) is 4.55 Å². The summed E-state index contributed by atoms with van der Waals surface area (Å²) >= 11 is 1.64. The summed E-state index contributed by atoms with van der Waals surface area (Å²) in [5.41, 5.74) is 2.60. The predicted octanol–water partition coefficient (Wildman–Crippen LogP) is 4.48. The molecule has 0 aliphatic carbocycles. The van der Waals surface area contributed by atoms with Gasteiger partial charge in [0.05, 0.1) is 18.0 Å². The SMILES string of the molecule is CCCC(=O)c1ccc2c(c1)N(CCCOS(=O)(=O)O)c1ccccc1S2. The molecule has 3 rings (SSSR count). The lowest BCUT2D eigenvalue weighted by atomic mass is 10.1. The van der Waals surface area contributed by atoms with E-state index < -0.39 is 10.4 Å². The lowest BCUT2D eigenvalue weighted by molar-refractivity contribution is 0.0981. The van der Waals surface area contributed by atoms with E-state index in [0.29, 0.717) is 24.9 Å². The number of anilines is 2. The van der Waals surface area contributed by atoms with Gasteiger partial charge in [-0.15, -0.1) is 0 Å². The van der Waals surface area contributed by atoms with Crippen molar-refractivity contribution in [2.75, 3.05) is 18.1 Å². The van der Waals surface area contributed by atoms with Gasteiger partial charge < -0.3 is 4.90 Å². The van der Waals surface area contributed by atoms with Crippen molar-refractivity contribution < 1.29 is 21.9 Å². The van der Waals surface area contributed by atoms with Crippen LogP contribution in [0.1, 0.15) is 36.5 Å². The molecule has 2 aromatic carbocycles. The number of hydrogen-bond donors (Lipinski definition) is 1. The summed E-state index contributed by atoms with van der Waals surface area (Å²) in [4.78, 5) is 16.5. The van der Waals surface area contributed by atoms with Gasteiger partial charge in [-0.05, 0) is 37.1 Å². The van der Waals surface area contributed by atoms with Crippen LogP contribution in [0, 0.1) is 0 Å². The molecule has 2 aromatic rings. The second-order valence-corrected chi connectivity index (χ2v) is 8.36. The third-order valence-corrected chi connectivity index (χ3v) is 5.78. The molecule has 0 radical (unpaired) electrons. The van der Waals surface area contributed by atoms with Gasteiger partial charge in [-0.2, -0.15) is 8.42 Å². The number of benzene rings is 2. The number of ketones is 1. The van der Waals surface area contributed by atoms with Gasteiger partial charge in [0.1, 0.15) is 0 Å². The number of hydrogen-bond acceptors (Lipinski definition) is 6. The van der Waals surface area contributed by atoms with Crippen LogP contribution in [0.25, 0.3) is 0 Å². The molecule has 6 nitrogen and oxygen atoms in total. The van der Waals surface area contributed by atoms with Gasteiger partial charge >= 0.3 is 10.4 Å². The molecular weight excluding hydrogens is 386 g/mol. The molecule has 0 atom stereocenters. The van der Waals surface area contributed by atoms with Crippen molar-refractivity contribution in [3.63, 3.8) is 0 Å². The molecule has 8 heteroatoms. The molecule has 0 spiro atoms. The van der Waals surface area contributed by atoms with Crippen LogP contribution in [0.5, 0.6) is 0 Å². The minimum atomic E-state index is -4.44. The number of para-hydroxylation sites is 1. The van der Waals surface area contributed by atoms with Gasteiger partial charge in [-0.3, -0.25) is 9.35 Å². The standard InChI is InChI=1S/C19H21NO5S2/c1-2-6-17(21)14-9-10-19-16(13-14)20(11-5-12-25-27(22,23)24)15-7-3-4-8-18(15)26-19/h3-4,7-10,13H,2,5-6,11-12H2,1H3,(H,22,23,24). The fourth-order valence-electron chi connectivity index (χ4n) is 3.00. The molecule has 27 heavy (non-hydrogen) atoms. The Balaban J connectivity index is 1.88. The average Bonchev–Trinajstić information content (AvgIpc) is 2.63. The second kappa shape index (κ2) is 8.43. The van der Waals surface area contributed by atoms with E-state index in [1.807, 2.05) is 49.4 Å². The van der Waals surface area contributed by atoms with Crippen molar-refractivity contribution in [3.8, 4) is 0 Å². The number of nitrogens with zero attached hydrogens (tertiary/aromatic N) is 1. The topological polar surface area (TPSA) is 83.9 Å². The highest BCUT2D eigenvalue weighted by molar-refractivity contribution is 7.99. The van der Waals surface area contributed by atoms with Gasteiger partial charge in [0.2, 0.25) is 0 Å². The lowest BCUT2D eigenvalue weighted by Crippen LogP contribution is -2.23. The zero-order valence-corrected chi connectivity index (χ0v) is 16.6. The average molecular weight is 408 g/mol. The summed E-state index contributed by atoms with van der Waals surface area (Å²) in [5.74, 6) is 0.110. The largest absolute Gasteiger partial charge is 0.397 e. The van der Waals surface area contributed by atoms with Crippen LogP contribution < -0.4 is 4.90 Å². The van der Waals surface area contributed by atoms with Crippen LogP contribution in [0.2, 0.25) is 0 Å². The number of carbonyl (C=O) groups is 1. The molecule has 0 fully saturated rings. The van der Waals surface area contributed by atoms with Gasteiger partial charge in [0.15, 0.2) is 5.78 Å². The maximum atomic E-state index is 12.3. The van der Waals surface area contributed by atoms with Gasteiger partial charge in [-0.25, -0.2) is 4.18 Å². The molecule has 0 bridgehead atoms. The molecule has 0 aromatic heterocycles. The van der Waals surface area contributed by atoms with Gasteiger partial charge in [0.25, 0.3) is 0 Å². The molecule has 0 saturated carbocycles. The Morgan fingerprint density at radius 1 is 1.15 bits per heavy atom. The van der Waals surface area contributed by atoms with E-state index in [-0.39, 0.29) is 12.4 Å². The van der Waals surface area contributed by atoms with Crippen LogP contribution in [-0.4, -0.2) is 31.9 Å². The fraction of sp³-hybridized carbons (Fsp3) is 0.316. The number of carbonyl (C=O) groups excluding carboxylic acids is 1. The van der Waals surface area contributed by atoms with Crippen molar-refractivity contribution in [2.24, 2.45) is 0 Å². The maximum absolute atomic E-state index is 12.3. The zero-order valence-electron chi connectivity index (χ0n) is 14.9. The summed E-state index contributed by atoms with van der Waals surface area (Å²) in [7, 11) is -4.44. The minimum Gasteiger partial charge on any atom is -0.340 e. The quantitative estimate of drug-likeness (QED) is 0.392. The van der Waals surface area contributed by atoms with Crippen LogP contribution in [0.15, 0.2) is 52.3 Å². The third-order valence-electron chi connectivity index (χ3n) is 4.18. The van der Waals surface area contributed by atoms with Crippen LogP contribution >= 0.6 is 11.8 Å². The van der Waals surface area contributed by atoms with E-state index >= 15 is 0 Å². The van der Waals surface area contributed by atoms with E-state index in [1.54, 1.807) is 11.8 Å². The molecule has 0 amide bonds.